The molecule has 10 aromatic rings. The number of anilines is 3. The Hall–Kier alpha value is -5.91. The van der Waals surface area contributed by atoms with Crippen LogP contribution in [0.25, 0.3) is 53.4 Å². The van der Waals surface area contributed by atoms with Crippen LogP contribution in [0, 0.1) is 0 Å². The molecule has 7 aromatic carbocycles. The van der Waals surface area contributed by atoms with E-state index in [1.54, 1.807) is 22.7 Å². The molecule has 0 saturated heterocycles. The van der Waals surface area contributed by atoms with E-state index in [1.165, 1.54) is 10.8 Å². The van der Waals surface area contributed by atoms with Crippen molar-refractivity contribution in [2.75, 3.05) is 4.90 Å². The smallest absolute Gasteiger partial charge is 0.173 e. The number of rotatable bonds is 7. The van der Waals surface area contributed by atoms with E-state index in [0.29, 0.717) is 10.8 Å². The van der Waals surface area contributed by atoms with Crippen LogP contribution in [0.15, 0.2) is 181 Å². The maximum Gasteiger partial charge on any atom is 0.173 e. The van der Waals surface area contributed by atoms with Gasteiger partial charge < -0.3 is 9.46 Å². The Morgan fingerprint density at radius 3 is 1.40 bits per heavy atom. The van der Waals surface area contributed by atoms with Gasteiger partial charge in [-0.2, -0.15) is 0 Å². The van der Waals surface area contributed by atoms with Gasteiger partial charge in [0.2, 0.25) is 0 Å². The van der Waals surface area contributed by atoms with Crippen LogP contribution in [0.3, 0.4) is 0 Å². The van der Waals surface area contributed by atoms with Crippen LogP contribution in [-0.4, -0.2) is 9.97 Å². The minimum Gasteiger partial charge on any atom is -0.311 e. The lowest BCUT2D eigenvalue weighted by Crippen LogP contribution is -2.26. The van der Waals surface area contributed by atoms with Gasteiger partial charge in [-0.05, 0) is 70.9 Å². The van der Waals surface area contributed by atoms with Crippen LogP contribution >= 0.6 is 29.8 Å². The summed E-state index contributed by atoms with van der Waals surface area (Å²) in [6.07, 6.45) is 0. The lowest BCUT2D eigenvalue weighted by Gasteiger charge is -2.25. The number of fused-ring (bicyclic) bond motifs is 7. The second-order valence-corrected chi connectivity index (χ2v) is 17.5. The highest BCUT2D eigenvalue weighted by Crippen LogP contribution is 2.47. The molecule has 0 aliphatic carbocycles. The fourth-order valence-corrected chi connectivity index (χ4v) is 12.0. The van der Waals surface area contributed by atoms with Crippen molar-refractivity contribution < 1.29 is 4.57 Å². The van der Waals surface area contributed by atoms with E-state index in [-0.39, 0.29) is 0 Å². The molecule has 4 nitrogen and oxygen atoms in total. The second kappa shape index (κ2) is 12.9. The highest BCUT2D eigenvalue weighted by molar-refractivity contribution is 7.85. The summed E-state index contributed by atoms with van der Waals surface area (Å²) in [5, 5.41) is 8.85. The van der Waals surface area contributed by atoms with Crippen molar-refractivity contribution in [1.82, 2.24) is 9.97 Å². The van der Waals surface area contributed by atoms with E-state index < -0.39 is 7.14 Å². The molecule has 0 bridgehead atoms. The summed E-state index contributed by atoms with van der Waals surface area (Å²) in [6, 6.07) is 57.6. The average molecular weight is 736 g/mol. The second-order valence-electron chi connectivity index (χ2n) is 12.9. The van der Waals surface area contributed by atoms with Crippen molar-refractivity contribution in [3.8, 4) is 11.1 Å². The van der Waals surface area contributed by atoms with Gasteiger partial charge in [-0.25, -0.2) is 9.97 Å². The summed E-state index contributed by atoms with van der Waals surface area (Å²) in [5.74, 6) is 0. The summed E-state index contributed by atoms with van der Waals surface area (Å²) < 4.78 is 18.1. The zero-order valence-electron chi connectivity index (χ0n) is 28.3. The SMILES string of the molecule is O=P(c1ccccc1)(c1ccccc1)c1ccc(-c2ccc(N(c3ccccc3)c3ccccc3)cc2)c2nc3c(nc12)c1sccc1c1ccsc13. The first-order chi connectivity index (χ1) is 26.2. The van der Waals surface area contributed by atoms with E-state index in [4.69, 9.17) is 9.97 Å². The fourth-order valence-electron chi connectivity index (χ4n) is 7.43. The fraction of sp³-hybridized carbons (Fsp3) is 0. The number of thiophene rings is 2. The minimum atomic E-state index is -3.39. The topological polar surface area (TPSA) is 46.1 Å². The molecule has 10 rings (SSSR count). The van der Waals surface area contributed by atoms with Crippen LogP contribution in [0.1, 0.15) is 0 Å². The minimum absolute atomic E-state index is 0.663. The zero-order valence-corrected chi connectivity index (χ0v) is 30.9. The van der Waals surface area contributed by atoms with E-state index in [0.717, 1.165) is 64.7 Å². The number of benzene rings is 7. The third-order valence-electron chi connectivity index (χ3n) is 9.90. The molecule has 0 aliphatic heterocycles. The Balaban J connectivity index is 1.24. The Bertz CT molecular complexity index is 2880. The summed E-state index contributed by atoms with van der Waals surface area (Å²) in [4.78, 5) is 13.3. The van der Waals surface area contributed by atoms with E-state index in [2.05, 4.69) is 107 Å². The third-order valence-corrected chi connectivity index (χ3v) is 14.8. The van der Waals surface area contributed by atoms with Crippen molar-refractivity contribution in [2.45, 2.75) is 0 Å². The van der Waals surface area contributed by atoms with Crippen molar-refractivity contribution in [3.63, 3.8) is 0 Å². The van der Waals surface area contributed by atoms with Gasteiger partial charge >= 0.3 is 0 Å². The number of nitrogens with zero attached hydrogens (tertiary/aromatic N) is 3. The van der Waals surface area contributed by atoms with Crippen LogP contribution in [0.4, 0.5) is 17.1 Å². The first-order valence-electron chi connectivity index (χ1n) is 17.4. The molecule has 0 aliphatic rings. The maximum atomic E-state index is 15.9. The standard InChI is InChI=1S/C46H30N3OPS2/c50-51(35-17-9-3-10-18-35,36-19-11-4-12-20-36)40-26-25-37(41-42(40)48-44-43(47-41)45-38(27-29-52-45)39-28-30-53-46(39)44)31-21-23-34(24-22-31)49(32-13-5-1-6-14-32)33-15-7-2-8-16-33/h1-30H. The van der Waals surface area contributed by atoms with Gasteiger partial charge in [-0.3, -0.25) is 0 Å². The molecule has 3 aromatic heterocycles. The molecule has 0 fully saturated rings. The van der Waals surface area contributed by atoms with Gasteiger partial charge in [-0.15, -0.1) is 22.7 Å². The Labute approximate surface area is 314 Å². The highest BCUT2D eigenvalue weighted by atomic mass is 32.1. The number of aromatic nitrogens is 2. The highest BCUT2D eigenvalue weighted by Gasteiger charge is 2.33. The molecule has 53 heavy (non-hydrogen) atoms. The summed E-state index contributed by atoms with van der Waals surface area (Å²) in [6.45, 7) is 0. The van der Waals surface area contributed by atoms with Crippen molar-refractivity contribution in [2.24, 2.45) is 0 Å². The molecular formula is C46H30N3OPS2. The molecule has 0 unspecified atom stereocenters. The van der Waals surface area contributed by atoms with Gasteiger partial charge in [-0.1, -0.05) is 115 Å². The molecule has 0 saturated carbocycles. The Kier molecular flexibility index (Phi) is 7.76. The quantitative estimate of drug-likeness (QED) is 0.121. The van der Waals surface area contributed by atoms with Crippen LogP contribution < -0.4 is 20.8 Å². The predicted molar refractivity (Wildman–Crippen MR) is 227 cm³/mol. The van der Waals surface area contributed by atoms with Crippen LogP contribution in [0.2, 0.25) is 0 Å². The van der Waals surface area contributed by atoms with Gasteiger partial charge in [0.1, 0.15) is 16.6 Å². The lowest BCUT2D eigenvalue weighted by atomic mass is 10.0. The van der Waals surface area contributed by atoms with Gasteiger partial charge in [0, 0.05) is 49.3 Å². The average Bonchev–Trinajstić information content (AvgIpc) is 3.93. The Morgan fingerprint density at radius 1 is 0.434 bits per heavy atom. The predicted octanol–water partition coefficient (Wildman–Crippen LogP) is 12.0. The van der Waals surface area contributed by atoms with Crippen LogP contribution in [-0.2, 0) is 4.57 Å². The van der Waals surface area contributed by atoms with E-state index in [9.17, 15) is 0 Å². The van der Waals surface area contributed by atoms with Gasteiger partial charge in [0.05, 0.1) is 14.9 Å². The molecular weight excluding hydrogens is 706 g/mol. The summed E-state index contributed by atoms with van der Waals surface area (Å²) >= 11 is 3.37. The summed E-state index contributed by atoms with van der Waals surface area (Å²) in [7, 11) is -3.39. The number of para-hydroxylation sites is 2. The molecule has 0 spiro atoms. The first kappa shape index (κ1) is 31.8. The molecule has 0 atom stereocenters. The van der Waals surface area contributed by atoms with Crippen molar-refractivity contribution in [1.29, 1.82) is 0 Å². The molecule has 3 heterocycles. The normalized spacial score (nSPS) is 11.8. The number of hydrogen-bond acceptors (Lipinski definition) is 6. The molecule has 0 N–H and O–H groups in total. The zero-order chi connectivity index (χ0) is 35.4. The maximum absolute atomic E-state index is 15.9. The number of hydrogen-bond donors (Lipinski definition) is 0. The van der Waals surface area contributed by atoms with E-state index >= 15 is 4.57 Å². The van der Waals surface area contributed by atoms with Gasteiger partial charge in [0.25, 0.3) is 0 Å². The lowest BCUT2D eigenvalue weighted by molar-refractivity contribution is 0.592. The van der Waals surface area contributed by atoms with Crippen molar-refractivity contribution in [3.05, 3.63) is 181 Å². The van der Waals surface area contributed by atoms with Crippen LogP contribution in [0.5, 0.6) is 0 Å². The third kappa shape index (κ3) is 5.21. The largest absolute Gasteiger partial charge is 0.311 e. The monoisotopic (exact) mass is 735 g/mol. The first-order valence-corrected chi connectivity index (χ1v) is 20.9. The Morgan fingerprint density at radius 2 is 0.887 bits per heavy atom. The van der Waals surface area contributed by atoms with Gasteiger partial charge in [0.15, 0.2) is 7.14 Å². The molecule has 0 amide bonds. The molecule has 252 valence electrons. The summed E-state index contributed by atoms with van der Waals surface area (Å²) in [5.41, 5.74) is 8.28. The van der Waals surface area contributed by atoms with Crippen molar-refractivity contribution >= 4 is 105 Å². The molecule has 7 heteroatoms. The molecule has 0 radical (unpaired) electrons. The van der Waals surface area contributed by atoms with E-state index in [1.807, 2.05) is 78.9 Å².